The number of carbonyl (C=O) groups is 1. The summed E-state index contributed by atoms with van der Waals surface area (Å²) in [5, 5.41) is 11.5. The topological polar surface area (TPSA) is 177 Å². The molecule has 0 spiro atoms. The molecule has 0 aromatic heterocycles. The zero-order chi connectivity index (χ0) is 14.4. The van der Waals surface area contributed by atoms with Crippen molar-refractivity contribution in [3.63, 3.8) is 0 Å². The summed E-state index contributed by atoms with van der Waals surface area (Å²) in [7, 11) is -10.1. The number of nitrogens with zero attached hydrogens (tertiary/aromatic N) is 1. The molecule has 18 heavy (non-hydrogen) atoms. The SMILES string of the molecule is O=C(O)N1CCNCC1.O=P(O)(O)OP(=O)(O)O. The highest BCUT2D eigenvalue weighted by Crippen LogP contribution is 2.53. The summed E-state index contributed by atoms with van der Waals surface area (Å²) in [4.78, 5) is 42.7. The van der Waals surface area contributed by atoms with Crippen LogP contribution in [0.4, 0.5) is 4.79 Å². The van der Waals surface area contributed by atoms with Crippen LogP contribution in [0.3, 0.4) is 0 Å². The van der Waals surface area contributed by atoms with Crippen molar-refractivity contribution in [2.75, 3.05) is 26.2 Å². The van der Waals surface area contributed by atoms with E-state index in [0.29, 0.717) is 13.1 Å². The van der Waals surface area contributed by atoms with Gasteiger partial charge in [0.25, 0.3) is 0 Å². The average Bonchev–Trinajstić information content (AvgIpc) is 2.14. The average molecular weight is 308 g/mol. The molecule has 0 atom stereocenters. The van der Waals surface area contributed by atoms with Crippen LogP contribution >= 0.6 is 15.6 Å². The first-order valence-corrected chi connectivity index (χ1v) is 7.58. The second kappa shape index (κ2) is 7.17. The lowest BCUT2D eigenvalue weighted by Crippen LogP contribution is -2.45. The number of piperazine rings is 1. The predicted octanol–water partition coefficient (Wildman–Crippen LogP) is -1.24. The molecule has 1 aliphatic rings. The van der Waals surface area contributed by atoms with Crippen LogP contribution in [0.25, 0.3) is 0 Å². The molecule has 11 nitrogen and oxygen atoms in total. The Kier molecular flexibility index (Phi) is 6.97. The largest absolute Gasteiger partial charge is 0.478 e. The predicted molar refractivity (Wildman–Crippen MR) is 57.6 cm³/mol. The number of amides is 1. The van der Waals surface area contributed by atoms with Crippen molar-refractivity contribution in [3.8, 4) is 0 Å². The van der Waals surface area contributed by atoms with Crippen molar-refractivity contribution in [1.82, 2.24) is 10.2 Å². The second-order valence-electron chi connectivity index (χ2n) is 3.08. The number of hydrogen-bond donors (Lipinski definition) is 6. The normalized spacial score (nSPS) is 16.8. The van der Waals surface area contributed by atoms with Gasteiger partial charge in [-0.05, 0) is 0 Å². The van der Waals surface area contributed by atoms with Crippen molar-refractivity contribution in [1.29, 1.82) is 0 Å². The lowest BCUT2D eigenvalue weighted by atomic mass is 10.4. The molecule has 1 saturated heterocycles. The molecule has 1 aliphatic heterocycles. The Balaban J connectivity index is 0.000000321. The fourth-order valence-electron chi connectivity index (χ4n) is 0.995. The molecule has 0 saturated carbocycles. The van der Waals surface area contributed by atoms with Gasteiger partial charge in [-0.25, -0.2) is 13.9 Å². The highest BCUT2D eigenvalue weighted by molar-refractivity contribution is 7.60. The Morgan fingerprint density at radius 3 is 1.61 bits per heavy atom. The molecular formula is C5H14N2O9P2. The van der Waals surface area contributed by atoms with Crippen LogP contribution in [0.1, 0.15) is 0 Å². The first-order chi connectivity index (χ1) is 8.01. The number of carboxylic acid groups (broad SMARTS) is 1. The molecule has 1 fully saturated rings. The minimum Gasteiger partial charge on any atom is -0.465 e. The number of nitrogens with one attached hydrogen (secondary N) is 1. The Morgan fingerprint density at radius 2 is 1.44 bits per heavy atom. The maximum atomic E-state index is 10.3. The van der Waals surface area contributed by atoms with Crippen molar-refractivity contribution in [2.24, 2.45) is 0 Å². The summed E-state index contributed by atoms with van der Waals surface area (Å²) < 4.78 is 22.2. The van der Waals surface area contributed by atoms with Crippen molar-refractivity contribution in [2.45, 2.75) is 0 Å². The molecule has 1 rings (SSSR count). The molecule has 1 amide bonds. The molecular weight excluding hydrogens is 294 g/mol. The van der Waals surface area contributed by atoms with E-state index < -0.39 is 21.7 Å². The fraction of sp³-hybridized carbons (Fsp3) is 0.800. The Morgan fingerprint density at radius 1 is 1.06 bits per heavy atom. The maximum Gasteiger partial charge on any atom is 0.478 e. The van der Waals surface area contributed by atoms with E-state index >= 15 is 0 Å². The Labute approximate surface area is 102 Å². The third kappa shape index (κ3) is 10.6. The van der Waals surface area contributed by atoms with Crippen molar-refractivity contribution >= 4 is 21.7 Å². The van der Waals surface area contributed by atoms with Gasteiger partial charge in [-0.15, -0.1) is 0 Å². The standard InChI is InChI=1S/C5H10N2O2.H4O7P2/c8-5(9)7-3-1-6-2-4-7;1-8(2,3)7-9(4,5)6/h6H,1-4H2,(H,8,9);(H2,1,2,3)(H2,4,5,6). The van der Waals surface area contributed by atoms with Crippen LogP contribution in [0.15, 0.2) is 0 Å². The molecule has 0 unspecified atom stereocenters. The van der Waals surface area contributed by atoms with E-state index in [1.807, 2.05) is 0 Å². The highest BCUT2D eigenvalue weighted by atomic mass is 31.3. The fourth-order valence-corrected chi connectivity index (χ4v) is 2.10. The van der Waals surface area contributed by atoms with Crippen molar-refractivity contribution in [3.05, 3.63) is 0 Å². The van der Waals surface area contributed by atoms with Crippen LogP contribution in [-0.4, -0.2) is 61.9 Å². The van der Waals surface area contributed by atoms with Gasteiger partial charge in [0.1, 0.15) is 0 Å². The third-order valence-electron chi connectivity index (χ3n) is 1.60. The molecule has 6 N–H and O–H groups in total. The number of phosphoric acid groups is 2. The van der Waals surface area contributed by atoms with Crippen molar-refractivity contribution < 1.29 is 42.9 Å². The van der Waals surface area contributed by atoms with Gasteiger partial charge in [-0.2, -0.15) is 4.31 Å². The maximum absolute atomic E-state index is 10.3. The molecule has 0 aromatic carbocycles. The smallest absolute Gasteiger partial charge is 0.465 e. The highest BCUT2D eigenvalue weighted by Gasteiger charge is 2.27. The van der Waals surface area contributed by atoms with Gasteiger partial charge in [-0.1, -0.05) is 0 Å². The number of hydrogen-bond acceptors (Lipinski definition) is 5. The van der Waals surface area contributed by atoms with Gasteiger partial charge in [0.2, 0.25) is 0 Å². The minimum absolute atomic E-state index is 0.620. The van der Waals surface area contributed by atoms with E-state index in [0.717, 1.165) is 13.1 Å². The monoisotopic (exact) mass is 308 g/mol. The summed E-state index contributed by atoms with van der Waals surface area (Å²) in [6.45, 7) is 2.81. The molecule has 108 valence electrons. The van der Waals surface area contributed by atoms with Crippen LogP contribution in [-0.2, 0) is 13.4 Å². The summed E-state index contributed by atoms with van der Waals surface area (Å²) in [6, 6.07) is 0. The van der Waals surface area contributed by atoms with Crippen LogP contribution in [0.5, 0.6) is 0 Å². The van der Waals surface area contributed by atoms with Crippen LogP contribution in [0, 0.1) is 0 Å². The van der Waals surface area contributed by atoms with Gasteiger partial charge < -0.3 is 34.9 Å². The summed E-state index contributed by atoms with van der Waals surface area (Å²) in [6.07, 6.45) is -0.809. The zero-order valence-electron chi connectivity index (χ0n) is 9.04. The molecule has 0 aliphatic carbocycles. The second-order valence-corrected chi connectivity index (χ2v) is 5.70. The van der Waals surface area contributed by atoms with Gasteiger partial charge in [0.15, 0.2) is 0 Å². The van der Waals surface area contributed by atoms with E-state index in [9.17, 15) is 13.9 Å². The van der Waals surface area contributed by atoms with Crippen LogP contribution in [0.2, 0.25) is 0 Å². The summed E-state index contributed by atoms with van der Waals surface area (Å²) in [5.41, 5.74) is 0. The summed E-state index contributed by atoms with van der Waals surface area (Å²) in [5.74, 6) is 0. The molecule has 0 aromatic rings. The molecule has 1 heterocycles. The molecule has 0 bridgehead atoms. The first-order valence-electron chi connectivity index (χ1n) is 4.52. The lowest BCUT2D eigenvalue weighted by molar-refractivity contribution is 0.139. The lowest BCUT2D eigenvalue weighted by Gasteiger charge is -2.23. The third-order valence-corrected chi connectivity index (χ3v) is 3.30. The molecule has 13 heteroatoms. The van der Waals surface area contributed by atoms with E-state index in [1.54, 1.807) is 0 Å². The Hall–Kier alpha value is -0.510. The van der Waals surface area contributed by atoms with Gasteiger partial charge in [0.05, 0.1) is 0 Å². The van der Waals surface area contributed by atoms with E-state index in [4.69, 9.17) is 24.7 Å². The summed E-state index contributed by atoms with van der Waals surface area (Å²) >= 11 is 0. The van der Waals surface area contributed by atoms with E-state index in [1.165, 1.54) is 4.90 Å². The molecule has 0 radical (unpaired) electrons. The van der Waals surface area contributed by atoms with Gasteiger partial charge in [-0.3, -0.25) is 0 Å². The minimum atomic E-state index is -5.05. The first kappa shape index (κ1) is 17.5. The Bertz CT molecular complexity index is 336. The van der Waals surface area contributed by atoms with Gasteiger partial charge >= 0.3 is 21.7 Å². The number of rotatable bonds is 2. The van der Waals surface area contributed by atoms with Gasteiger partial charge in [0, 0.05) is 26.2 Å². The zero-order valence-corrected chi connectivity index (χ0v) is 10.8. The van der Waals surface area contributed by atoms with E-state index in [2.05, 4.69) is 9.63 Å². The van der Waals surface area contributed by atoms with E-state index in [-0.39, 0.29) is 0 Å². The van der Waals surface area contributed by atoms with Crippen LogP contribution < -0.4 is 5.32 Å². The quantitative estimate of drug-likeness (QED) is 0.338.